The summed E-state index contributed by atoms with van der Waals surface area (Å²) in [4.78, 5) is 28.4. The summed E-state index contributed by atoms with van der Waals surface area (Å²) in [6, 6.07) is 18.2. The van der Waals surface area contributed by atoms with E-state index in [-0.39, 0.29) is 5.97 Å². The Kier molecular flexibility index (Phi) is 14.9. The third-order valence-electron chi connectivity index (χ3n) is 6.84. The molecule has 0 spiro atoms. The quantitative estimate of drug-likeness (QED) is 0.0565. The lowest BCUT2D eigenvalue weighted by Gasteiger charge is -2.09. The van der Waals surface area contributed by atoms with Gasteiger partial charge in [0, 0.05) is 11.1 Å². The van der Waals surface area contributed by atoms with Crippen molar-refractivity contribution < 1.29 is 28.5 Å². The summed E-state index contributed by atoms with van der Waals surface area (Å²) in [7, 11) is 0. The van der Waals surface area contributed by atoms with Crippen LogP contribution in [-0.4, -0.2) is 36.7 Å². The lowest BCUT2D eigenvalue weighted by atomic mass is 10.1. The van der Waals surface area contributed by atoms with Crippen molar-refractivity contribution in [3.63, 3.8) is 0 Å². The first-order valence-electron chi connectivity index (χ1n) is 15.4. The van der Waals surface area contributed by atoms with Crippen molar-refractivity contribution in [3.05, 3.63) is 84.6 Å². The van der Waals surface area contributed by atoms with Crippen LogP contribution in [0.3, 0.4) is 0 Å². The van der Waals surface area contributed by atoms with Gasteiger partial charge in [0.15, 0.2) is 0 Å². The summed E-state index contributed by atoms with van der Waals surface area (Å²) in [6.07, 6.45) is 12.6. The van der Waals surface area contributed by atoms with E-state index in [4.69, 9.17) is 18.9 Å². The van der Waals surface area contributed by atoms with E-state index >= 15 is 0 Å². The summed E-state index contributed by atoms with van der Waals surface area (Å²) >= 11 is 0. The van der Waals surface area contributed by atoms with Crippen LogP contribution in [0.5, 0.6) is 17.2 Å². The number of pyridine rings is 1. The van der Waals surface area contributed by atoms with E-state index in [1.807, 2.05) is 24.3 Å². The molecular formula is C36H45NO6. The number of esters is 2. The van der Waals surface area contributed by atoms with Gasteiger partial charge in [0.2, 0.25) is 0 Å². The van der Waals surface area contributed by atoms with Crippen LogP contribution in [-0.2, 0) is 9.53 Å². The predicted molar refractivity (Wildman–Crippen MR) is 170 cm³/mol. The number of ether oxygens (including phenoxy) is 4. The number of hydrogen-bond donors (Lipinski definition) is 0. The minimum atomic E-state index is -0.418. The van der Waals surface area contributed by atoms with Crippen molar-refractivity contribution in [1.82, 2.24) is 4.98 Å². The van der Waals surface area contributed by atoms with Crippen LogP contribution in [0.2, 0.25) is 0 Å². The van der Waals surface area contributed by atoms with E-state index in [9.17, 15) is 9.59 Å². The predicted octanol–water partition coefficient (Wildman–Crippen LogP) is 8.77. The number of unbranched alkanes of at least 4 members (excludes halogenated alkanes) is 8. The molecule has 3 rings (SSSR count). The average molecular weight is 588 g/mol. The van der Waals surface area contributed by atoms with Crippen LogP contribution in [0.4, 0.5) is 0 Å². The number of benzene rings is 2. The van der Waals surface area contributed by atoms with Crippen molar-refractivity contribution in [3.8, 4) is 28.5 Å². The van der Waals surface area contributed by atoms with Crippen molar-refractivity contribution in [2.75, 3.05) is 19.8 Å². The molecule has 0 N–H and O–H groups in total. The molecular weight excluding hydrogens is 542 g/mol. The fourth-order valence-corrected chi connectivity index (χ4v) is 4.26. The zero-order valence-corrected chi connectivity index (χ0v) is 25.6. The van der Waals surface area contributed by atoms with Gasteiger partial charge in [-0.15, -0.1) is 0 Å². The lowest BCUT2D eigenvalue weighted by molar-refractivity contribution is -0.139. The van der Waals surface area contributed by atoms with E-state index in [0.29, 0.717) is 36.7 Å². The summed E-state index contributed by atoms with van der Waals surface area (Å²) in [5.41, 5.74) is 2.66. The van der Waals surface area contributed by atoms with Gasteiger partial charge in [0.05, 0.1) is 37.3 Å². The second-order valence-corrected chi connectivity index (χ2v) is 10.6. The van der Waals surface area contributed by atoms with Crippen LogP contribution in [0, 0.1) is 0 Å². The molecule has 0 aliphatic rings. The summed E-state index contributed by atoms with van der Waals surface area (Å²) < 4.78 is 22.2. The molecule has 0 aliphatic carbocycles. The lowest BCUT2D eigenvalue weighted by Crippen LogP contribution is -2.08. The van der Waals surface area contributed by atoms with Gasteiger partial charge in [-0.1, -0.05) is 58.4 Å². The Morgan fingerprint density at radius 2 is 1.23 bits per heavy atom. The highest BCUT2D eigenvalue weighted by Gasteiger charge is 2.10. The molecule has 1 heterocycles. The number of carbonyl (C=O) groups is 2. The minimum Gasteiger partial charge on any atom is -0.494 e. The van der Waals surface area contributed by atoms with Gasteiger partial charge in [-0.25, -0.2) is 9.59 Å². The normalized spacial score (nSPS) is 10.7. The zero-order chi connectivity index (χ0) is 30.7. The minimum absolute atomic E-state index is 0.303. The molecule has 0 bridgehead atoms. The maximum Gasteiger partial charge on any atom is 0.343 e. The van der Waals surface area contributed by atoms with Crippen LogP contribution in [0.25, 0.3) is 11.3 Å². The third-order valence-corrected chi connectivity index (χ3v) is 6.84. The highest BCUT2D eigenvalue weighted by atomic mass is 16.5. The summed E-state index contributed by atoms with van der Waals surface area (Å²) in [5.74, 6) is 1.25. The van der Waals surface area contributed by atoms with Gasteiger partial charge in [-0.3, -0.25) is 4.98 Å². The molecule has 7 heteroatoms. The molecule has 0 aliphatic heterocycles. The Bertz CT molecular complexity index is 1250. The number of rotatable bonds is 20. The number of aromatic nitrogens is 1. The van der Waals surface area contributed by atoms with E-state index in [1.165, 1.54) is 19.3 Å². The highest BCUT2D eigenvalue weighted by molar-refractivity contribution is 5.91. The average Bonchev–Trinajstić information content (AvgIpc) is 3.02. The SMILES string of the molecule is C=C(C)C(=O)OCCCCCCCCCCOc1ccc(C(=O)Oc2ccc(-c3ccc(OCCCC)cn3)cc2)cc1. The van der Waals surface area contributed by atoms with Crippen molar-refractivity contribution in [2.45, 2.75) is 78.1 Å². The standard InChI is InChI=1S/C36H45NO6/c1-4-5-24-41-33-22-23-34(37-27-33)29-14-20-32(21-15-29)43-36(39)30-16-18-31(19-17-30)40-25-12-10-8-6-7-9-11-13-26-42-35(38)28(2)3/h14-23,27H,2,4-13,24-26H2,1,3H3. The molecule has 0 saturated heterocycles. The molecule has 0 radical (unpaired) electrons. The largest absolute Gasteiger partial charge is 0.494 e. The van der Waals surface area contributed by atoms with Gasteiger partial charge >= 0.3 is 11.9 Å². The second-order valence-electron chi connectivity index (χ2n) is 10.6. The van der Waals surface area contributed by atoms with Gasteiger partial charge in [-0.2, -0.15) is 0 Å². The second kappa shape index (κ2) is 19.1. The Morgan fingerprint density at radius 1 is 0.674 bits per heavy atom. The van der Waals surface area contributed by atoms with Crippen molar-refractivity contribution in [2.24, 2.45) is 0 Å². The monoisotopic (exact) mass is 587 g/mol. The first kappa shape index (κ1) is 33.4. The Labute approximate surface area is 256 Å². The molecule has 0 fully saturated rings. The molecule has 3 aromatic rings. The molecule has 7 nitrogen and oxygen atoms in total. The maximum atomic E-state index is 12.6. The van der Waals surface area contributed by atoms with E-state index in [1.54, 1.807) is 49.5 Å². The van der Waals surface area contributed by atoms with Gasteiger partial charge in [0.1, 0.15) is 17.2 Å². The number of nitrogens with zero attached hydrogens (tertiary/aromatic N) is 1. The van der Waals surface area contributed by atoms with Crippen LogP contribution in [0.15, 0.2) is 79.0 Å². The zero-order valence-electron chi connectivity index (χ0n) is 25.6. The molecule has 43 heavy (non-hydrogen) atoms. The maximum absolute atomic E-state index is 12.6. The molecule has 1 aromatic heterocycles. The fraction of sp³-hybridized carbons (Fsp3) is 0.417. The highest BCUT2D eigenvalue weighted by Crippen LogP contribution is 2.23. The van der Waals surface area contributed by atoms with Crippen LogP contribution >= 0.6 is 0 Å². The molecule has 0 saturated carbocycles. The first-order valence-corrected chi connectivity index (χ1v) is 15.4. The van der Waals surface area contributed by atoms with Crippen LogP contribution < -0.4 is 14.2 Å². The van der Waals surface area contributed by atoms with E-state index in [2.05, 4.69) is 18.5 Å². The Balaban J connectivity index is 1.28. The summed E-state index contributed by atoms with van der Waals surface area (Å²) in [5, 5.41) is 0. The third kappa shape index (κ3) is 12.7. The molecule has 0 amide bonds. The molecule has 230 valence electrons. The number of hydrogen-bond acceptors (Lipinski definition) is 7. The molecule has 2 aromatic carbocycles. The van der Waals surface area contributed by atoms with Crippen LogP contribution in [0.1, 0.15) is 88.4 Å². The van der Waals surface area contributed by atoms with Gasteiger partial charge < -0.3 is 18.9 Å². The van der Waals surface area contributed by atoms with Crippen molar-refractivity contribution in [1.29, 1.82) is 0 Å². The fourth-order valence-electron chi connectivity index (χ4n) is 4.26. The number of carbonyl (C=O) groups excluding carboxylic acids is 2. The van der Waals surface area contributed by atoms with Gasteiger partial charge in [-0.05, 0) is 86.8 Å². The summed E-state index contributed by atoms with van der Waals surface area (Å²) in [6.45, 7) is 9.18. The Hall–Kier alpha value is -4.13. The molecule has 0 unspecified atom stereocenters. The smallest absolute Gasteiger partial charge is 0.343 e. The van der Waals surface area contributed by atoms with E-state index < -0.39 is 5.97 Å². The first-order chi connectivity index (χ1) is 21.0. The van der Waals surface area contributed by atoms with E-state index in [0.717, 1.165) is 67.7 Å². The Morgan fingerprint density at radius 3 is 1.84 bits per heavy atom. The molecule has 0 atom stereocenters. The van der Waals surface area contributed by atoms with Gasteiger partial charge in [0.25, 0.3) is 0 Å². The van der Waals surface area contributed by atoms with Crippen molar-refractivity contribution >= 4 is 11.9 Å². The topological polar surface area (TPSA) is 84.0 Å².